The Morgan fingerprint density at radius 1 is 0.936 bits per heavy atom. The molecule has 0 bridgehead atoms. The SMILES string of the molecule is COc1ccc(/C=C2\CCC[C@H]3C2=NN(C(=O)CN2N=N[C@@H]4C(=O)N(c5ccc(Cl)cc5Cl)C(=O)[C@@H]42)[C@H]3c2ccc(OC)cc2)cc1. The molecule has 4 aliphatic rings. The molecule has 3 aromatic carbocycles. The first-order chi connectivity index (χ1) is 22.8. The molecule has 1 saturated carbocycles. The summed E-state index contributed by atoms with van der Waals surface area (Å²) in [5.74, 6) is -0.0890. The third-order valence-corrected chi connectivity index (χ3v) is 9.51. The number of carbonyl (C=O) groups excluding carboxylic acids is 3. The van der Waals surface area contributed by atoms with Crippen molar-refractivity contribution in [2.24, 2.45) is 21.4 Å². The standard InChI is InChI=1S/C34H30Cl2N6O5/c1-46-23-11-6-19(7-12-23)16-21-4-3-5-25-29(21)38-42(31(25)20-8-13-24(47-2)14-9-20)28(43)18-40-32-30(37-39-40)33(44)41(34(32)45)27-15-10-22(35)17-26(27)36/h6-17,25,30-32H,3-5,18H2,1-2H3/b21-16+/t25-,30-,31-,32+/m0/s1. The number of amides is 3. The highest BCUT2D eigenvalue weighted by atomic mass is 35.5. The van der Waals surface area contributed by atoms with Crippen molar-refractivity contribution in [1.82, 2.24) is 10.0 Å². The Morgan fingerprint density at radius 3 is 2.32 bits per heavy atom. The highest BCUT2D eigenvalue weighted by Crippen LogP contribution is 2.45. The second kappa shape index (κ2) is 12.5. The first-order valence-electron chi connectivity index (χ1n) is 15.2. The lowest BCUT2D eigenvalue weighted by Crippen LogP contribution is -2.45. The zero-order valence-electron chi connectivity index (χ0n) is 25.5. The summed E-state index contributed by atoms with van der Waals surface area (Å²) < 4.78 is 10.7. The summed E-state index contributed by atoms with van der Waals surface area (Å²) in [5, 5.41) is 16.4. The number of anilines is 1. The van der Waals surface area contributed by atoms with Crippen LogP contribution >= 0.6 is 23.2 Å². The van der Waals surface area contributed by atoms with Gasteiger partial charge in [0.25, 0.3) is 17.7 Å². The van der Waals surface area contributed by atoms with Crippen molar-refractivity contribution in [3.8, 4) is 11.5 Å². The lowest BCUT2D eigenvalue weighted by Gasteiger charge is -2.30. The molecule has 3 aromatic rings. The number of ether oxygens (including phenoxy) is 2. The van der Waals surface area contributed by atoms with E-state index in [4.69, 9.17) is 37.8 Å². The van der Waals surface area contributed by atoms with Crippen LogP contribution in [0.4, 0.5) is 5.69 Å². The van der Waals surface area contributed by atoms with E-state index in [1.165, 1.54) is 22.2 Å². The van der Waals surface area contributed by atoms with Crippen LogP contribution in [0.3, 0.4) is 0 Å². The monoisotopic (exact) mass is 672 g/mol. The predicted molar refractivity (Wildman–Crippen MR) is 176 cm³/mol. The minimum atomic E-state index is -1.09. The van der Waals surface area contributed by atoms with Gasteiger partial charge in [0.1, 0.15) is 18.0 Å². The molecule has 11 nitrogen and oxygen atoms in total. The van der Waals surface area contributed by atoms with Gasteiger partial charge in [-0.1, -0.05) is 52.7 Å². The fourth-order valence-electron chi connectivity index (χ4n) is 6.71. The van der Waals surface area contributed by atoms with Gasteiger partial charge in [0, 0.05) is 10.9 Å². The Hall–Kier alpha value is -4.74. The largest absolute Gasteiger partial charge is 0.497 e. The molecular formula is C34H30Cl2N6O5. The van der Waals surface area contributed by atoms with Gasteiger partial charge in [-0.2, -0.15) is 10.2 Å². The molecule has 3 heterocycles. The molecule has 0 radical (unpaired) electrons. The van der Waals surface area contributed by atoms with Crippen molar-refractivity contribution < 1.29 is 23.9 Å². The lowest BCUT2D eigenvalue weighted by atomic mass is 9.77. The summed E-state index contributed by atoms with van der Waals surface area (Å²) >= 11 is 12.4. The van der Waals surface area contributed by atoms with E-state index in [9.17, 15) is 14.4 Å². The van der Waals surface area contributed by atoms with Crippen molar-refractivity contribution in [1.29, 1.82) is 0 Å². The number of allylic oxidation sites excluding steroid dienone is 1. The van der Waals surface area contributed by atoms with Gasteiger partial charge < -0.3 is 9.47 Å². The molecule has 1 saturated heterocycles. The molecule has 4 atom stereocenters. The number of hydrogen-bond acceptors (Lipinski definition) is 9. The van der Waals surface area contributed by atoms with Gasteiger partial charge in [0.2, 0.25) is 0 Å². The van der Waals surface area contributed by atoms with E-state index < -0.39 is 23.9 Å². The van der Waals surface area contributed by atoms with Crippen molar-refractivity contribution in [3.05, 3.63) is 93.5 Å². The molecule has 0 N–H and O–H groups in total. The zero-order valence-corrected chi connectivity index (χ0v) is 27.1. The van der Waals surface area contributed by atoms with E-state index in [1.807, 2.05) is 48.5 Å². The molecular weight excluding hydrogens is 643 g/mol. The van der Waals surface area contributed by atoms with Gasteiger partial charge in [-0.3, -0.25) is 19.4 Å². The second-order valence-corrected chi connectivity index (χ2v) is 12.5. The number of rotatable bonds is 7. The second-order valence-electron chi connectivity index (χ2n) is 11.7. The van der Waals surface area contributed by atoms with Crippen molar-refractivity contribution in [2.75, 3.05) is 25.7 Å². The number of fused-ring (bicyclic) bond motifs is 2. The topological polar surface area (TPSA) is 116 Å². The van der Waals surface area contributed by atoms with Crippen molar-refractivity contribution >= 4 is 58.4 Å². The Bertz CT molecular complexity index is 1840. The number of hydrazone groups is 1. The van der Waals surface area contributed by atoms with Gasteiger partial charge >= 0.3 is 0 Å². The van der Waals surface area contributed by atoms with Gasteiger partial charge in [0.05, 0.1) is 36.7 Å². The lowest BCUT2D eigenvalue weighted by molar-refractivity contribution is -0.136. The molecule has 0 spiro atoms. The van der Waals surface area contributed by atoms with Crippen LogP contribution in [0.1, 0.15) is 36.4 Å². The summed E-state index contributed by atoms with van der Waals surface area (Å²) in [4.78, 5) is 42.1. The fourth-order valence-corrected chi connectivity index (χ4v) is 7.20. The van der Waals surface area contributed by atoms with E-state index in [2.05, 4.69) is 16.4 Å². The van der Waals surface area contributed by atoms with E-state index in [0.29, 0.717) is 10.8 Å². The number of methoxy groups -OCH3 is 2. The quantitative estimate of drug-likeness (QED) is 0.279. The molecule has 47 heavy (non-hydrogen) atoms. The van der Waals surface area contributed by atoms with Gasteiger partial charge in [0.15, 0.2) is 12.1 Å². The van der Waals surface area contributed by atoms with E-state index in [0.717, 1.165) is 52.3 Å². The average molecular weight is 674 g/mol. The number of nitrogens with zero attached hydrogens (tertiary/aromatic N) is 6. The normalized spacial score (nSPS) is 24.1. The number of halogens is 2. The first-order valence-corrected chi connectivity index (χ1v) is 15.9. The molecule has 3 amide bonds. The summed E-state index contributed by atoms with van der Waals surface area (Å²) in [6.45, 7) is -0.306. The van der Waals surface area contributed by atoms with Crippen LogP contribution in [-0.2, 0) is 14.4 Å². The Kier molecular flexibility index (Phi) is 8.19. The van der Waals surface area contributed by atoms with Crippen molar-refractivity contribution in [3.63, 3.8) is 0 Å². The molecule has 0 aromatic heterocycles. The number of imide groups is 1. The molecule has 7 rings (SSSR count). The number of hydrogen-bond donors (Lipinski definition) is 0. The average Bonchev–Trinajstić information content (AvgIpc) is 3.75. The predicted octanol–water partition coefficient (Wildman–Crippen LogP) is 6.13. The summed E-state index contributed by atoms with van der Waals surface area (Å²) in [6, 6.07) is 17.4. The van der Waals surface area contributed by atoms with Crippen LogP contribution in [0.15, 0.2) is 87.7 Å². The third-order valence-electron chi connectivity index (χ3n) is 8.98. The van der Waals surface area contributed by atoms with Crippen LogP contribution in [0.25, 0.3) is 6.08 Å². The maximum Gasteiger partial charge on any atom is 0.264 e. The summed E-state index contributed by atoms with van der Waals surface area (Å²) in [5.41, 5.74) is 4.04. The van der Waals surface area contributed by atoms with E-state index in [1.54, 1.807) is 20.3 Å². The highest BCUT2D eigenvalue weighted by Gasteiger charge is 2.56. The van der Waals surface area contributed by atoms with Gasteiger partial charge in [-0.25, -0.2) is 9.91 Å². The van der Waals surface area contributed by atoms with Crippen LogP contribution in [-0.4, -0.2) is 66.3 Å². The Morgan fingerprint density at radius 2 is 1.64 bits per heavy atom. The summed E-state index contributed by atoms with van der Waals surface area (Å²) in [6.07, 6.45) is 4.71. The van der Waals surface area contributed by atoms with Crippen LogP contribution in [0.5, 0.6) is 11.5 Å². The smallest absolute Gasteiger partial charge is 0.264 e. The maximum atomic E-state index is 14.2. The van der Waals surface area contributed by atoms with Gasteiger partial charge in [-0.05, 0) is 84.5 Å². The molecule has 3 aliphatic heterocycles. The first kappa shape index (κ1) is 30.9. The molecule has 1 aliphatic carbocycles. The third kappa shape index (κ3) is 5.53. The van der Waals surface area contributed by atoms with Crippen molar-refractivity contribution in [2.45, 2.75) is 37.4 Å². The van der Waals surface area contributed by atoms with E-state index in [-0.39, 0.29) is 35.1 Å². The highest BCUT2D eigenvalue weighted by molar-refractivity contribution is 6.38. The van der Waals surface area contributed by atoms with Crippen LogP contribution < -0.4 is 14.4 Å². The minimum absolute atomic E-state index is 0.0456. The van der Waals surface area contributed by atoms with Crippen LogP contribution in [0, 0.1) is 5.92 Å². The van der Waals surface area contributed by atoms with Crippen LogP contribution in [0.2, 0.25) is 10.0 Å². The minimum Gasteiger partial charge on any atom is -0.497 e. The molecule has 240 valence electrons. The molecule has 13 heteroatoms. The zero-order chi connectivity index (χ0) is 32.8. The van der Waals surface area contributed by atoms with Gasteiger partial charge in [-0.15, -0.1) is 0 Å². The fraction of sp³-hybridized carbons (Fsp3) is 0.294. The maximum absolute atomic E-state index is 14.2. The number of benzene rings is 3. The summed E-state index contributed by atoms with van der Waals surface area (Å²) in [7, 11) is 3.24. The van der Waals surface area contributed by atoms with E-state index >= 15 is 0 Å². The number of carbonyl (C=O) groups is 3. The Labute approximate surface area is 281 Å². The molecule has 0 unspecified atom stereocenters. The Balaban J connectivity index is 1.19. The molecule has 2 fully saturated rings.